The summed E-state index contributed by atoms with van der Waals surface area (Å²) in [7, 11) is 0. The lowest BCUT2D eigenvalue weighted by Gasteiger charge is -2.22. The zero-order valence-electron chi connectivity index (χ0n) is 15.3. The maximum Gasteiger partial charge on any atom is 0.344 e. The Morgan fingerprint density at radius 3 is 2.48 bits per heavy atom. The van der Waals surface area contributed by atoms with Crippen LogP contribution in [-0.4, -0.2) is 25.1 Å². The molecule has 0 atom stereocenters. The molecule has 0 heterocycles. The van der Waals surface area contributed by atoms with E-state index in [9.17, 15) is 14.0 Å². The van der Waals surface area contributed by atoms with Gasteiger partial charge >= 0.3 is 5.97 Å². The quantitative estimate of drug-likeness (QED) is 0.741. The molecule has 0 unspecified atom stereocenters. The van der Waals surface area contributed by atoms with Crippen molar-refractivity contribution in [1.82, 2.24) is 0 Å². The molecule has 0 saturated carbocycles. The summed E-state index contributed by atoms with van der Waals surface area (Å²) in [6.07, 6.45) is 0. The molecule has 0 aromatic heterocycles. The van der Waals surface area contributed by atoms with Crippen LogP contribution in [0.25, 0.3) is 0 Å². The first kappa shape index (κ1) is 20.7. The summed E-state index contributed by atoms with van der Waals surface area (Å²) >= 11 is 5.64. The number of carbonyl (C=O) groups is 2. The number of nitrogens with one attached hydrogen (secondary N) is 1. The first-order valence-corrected chi connectivity index (χ1v) is 8.67. The van der Waals surface area contributed by atoms with Gasteiger partial charge in [0.05, 0.1) is 5.69 Å². The molecule has 0 bridgehead atoms. The number of benzene rings is 2. The van der Waals surface area contributed by atoms with E-state index in [4.69, 9.17) is 21.1 Å². The molecular weight excluding hydrogens is 373 g/mol. The maximum atomic E-state index is 13.6. The molecule has 2 aromatic carbocycles. The first-order chi connectivity index (χ1) is 12.7. The fourth-order valence-corrected chi connectivity index (χ4v) is 2.47. The van der Waals surface area contributed by atoms with Gasteiger partial charge in [0.15, 0.2) is 13.2 Å². The lowest BCUT2D eigenvalue weighted by atomic mass is 9.86. The third-order valence-corrected chi connectivity index (χ3v) is 3.85. The van der Waals surface area contributed by atoms with Gasteiger partial charge in [-0.1, -0.05) is 50.6 Å². The molecule has 0 aliphatic rings. The molecule has 0 radical (unpaired) electrons. The van der Waals surface area contributed by atoms with Gasteiger partial charge in [-0.25, -0.2) is 9.18 Å². The van der Waals surface area contributed by atoms with Crippen LogP contribution in [0.5, 0.6) is 5.75 Å². The van der Waals surface area contributed by atoms with Crippen LogP contribution in [0.4, 0.5) is 10.1 Å². The van der Waals surface area contributed by atoms with Gasteiger partial charge in [-0.2, -0.15) is 0 Å². The van der Waals surface area contributed by atoms with E-state index in [-0.39, 0.29) is 22.7 Å². The lowest BCUT2D eigenvalue weighted by molar-refractivity contribution is -0.149. The van der Waals surface area contributed by atoms with Crippen molar-refractivity contribution in [2.45, 2.75) is 26.2 Å². The number of rotatable bonds is 6. The lowest BCUT2D eigenvalue weighted by Crippen LogP contribution is -2.24. The van der Waals surface area contributed by atoms with E-state index in [1.54, 1.807) is 6.07 Å². The summed E-state index contributed by atoms with van der Waals surface area (Å²) in [5, 5.41) is 2.52. The standard InChI is InChI=1S/C20H21ClFNO4/c1-20(2,3)14-6-4-5-7-17(14)26-12-19(25)27-11-18(24)23-16-9-8-13(21)10-15(16)22/h4-10H,11-12H2,1-3H3,(H,23,24). The third-order valence-electron chi connectivity index (χ3n) is 3.61. The van der Waals surface area contributed by atoms with Gasteiger partial charge in [0.2, 0.25) is 0 Å². The van der Waals surface area contributed by atoms with E-state index in [1.807, 2.05) is 39.0 Å². The molecule has 5 nitrogen and oxygen atoms in total. The van der Waals surface area contributed by atoms with E-state index < -0.39 is 24.3 Å². The number of amides is 1. The number of hydrogen-bond acceptors (Lipinski definition) is 4. The molecular formula is C20H21ClFNO4. The summed E-state index contributed by atoms with van der Waals surface area (Å²) in [5.74, 6) is -1.47. The van der Waals surface area contributed by atoms with E-state index >= 15 is 0 Å². The predicted octanol–water partition coefficient (Wildman–Crippen LogP) is 4.34. The van der Waals surface area contributed by atoms with Gasteiger partial charge in [0.25, 0.3) is 5.91 Å². The van der Waals surface area contributed by atoms with Crippen molar-refractivity contribution in [3.63, 3.8) is 0 Å². The molecule has 2 rings (SSSR count). The Kier molecular flexibility index (Phi) is 6.80. The molecule has 2 aromatic rings. The Morgan fingerprint density at radius 2 is 1.81 bits per heavy atom. The summed E-state index contributed by atoms with van der Waals surface area (Å²) in [6, 6.07) is 11.2. The van der Waals surface area contributed by atoms with Crippen LogP contribution in [-0.2, 0) is 19.7 Å². The highest BCUT2D eigenvalue weighted by atomic mass is 35.5. The Morgan fingerprint density at radius 1 is 1.11 bits per heavy atom. The van der Waals surface area contributed by atoms with Crippen molar-refractivity contribution in [3.8, 4) is 5.75 Å². The predicted molar refractivity (Wildman–Crippen MR) is 102 cm³/mol. The topological polar surface area (TPSA) is 64.6 Å². The van der Waals surface area contributed by atoms with Crippen LogP contribution in [0.1, 0.15) is 26.3 Å². The molecule has 0 saturated heterocycles. The molecule has 0 aliphatic heterocycles. The Labute approximate surface area is 162 Å². The van der Waals surface area contributed by atoms with Crippen molar-refractivity contribution in [1.29, 1.82) is 0 Å². The molecule has 0 aliphatic carbocycles. The van der Waals surface area contributed by atoms with E-state index in [1.165, 1.54) is 12.1 Å². The number of anilines is 1. The second-order valence-corrected chi connectivity index (χ2v) is 7.30. The van der Waals surface area contributed by atoms with Crippen LogP contribution in [0, 0.1) is 5.82 Å². The van der Waals surface area contributed by atoms with Crippen LogP contribution in [0.3, 0.4) is 0 Å². The zero-order valence-corrected chi connectivity index (χ0v) is 16.1. The number of para-hydroxylation sites is 1. The van der Waals surface area contributed by atoms with Crippen LogP contribution >= 0.6 is 11.6 Å². The van der Waals surface area contributed by atoms with E-state index in [2.05, 4.69) is 5.32 Å². The van der Waals surface area contributed by atoms with Gasteiger partial charge in [-0.15, -0.1) is 0 Å². The number of carbonyl (C=O) groups excluding carboxylic acids is 2. The van der Waals surface area contributed by atoms with Gasteiger partial charge in [-0.3, -0.25) is 4.79 Å². The Balaban J connectivity index is 1.84. The minimum atomic E-state index is -0.703. The smallest absolute Gasteiger partial charge is 0.344 e. The molecule has 1 amide bonds. The average Bonchev–Trinajstić information content (AvgIpc) is 2.60. The molecule has 144 valence electrons. The largest absolute Gasteiger partial charge is 0.482 e. The third kappa shape index (κ3) is 6.25. The van der Waals surface area contributed by atoms with Crippen LogP contribution in [0.2, 0.25) is 5.02 Å². The second-order valence-electron chi connectivity index (χ2n) is 6.87. The summed E-state index contributed by atoms with van der Waals surface area (Å²) in [4.78, 5) is 23.6. The van der Waals surface area contributed by atoms with E-state index in [0.29, 0.717) is 5.75 Å². The van der Waals surface area contributed by atoms with Crippen molar-refractivity contribution in [2.24, 2.45) is 0 Å². The summed E-state index contributed by atoms with van der Waals surface area (Å²) in [5.41, 5.74) is 0.757. The number of esters is 1. The second kappa shape index (κ2) is 8.86. The fraction of sp³-hybridized carbons (Fsp3) is 0.300. The maximum absolute atomic E-state index is 13.6. The molecule has 0 fully saturated rings. The minimum Gasteiger partial charge on any atom is -0.482 e. The average molecular weight is 394 g/mol. The highest BCUT2D eigenvalue weighted by molar-refractivity contribution is 6.30. The van der Waals surface area contributed by atoms with Gasteiger partial charge in [0.1, 0.15) is 11.6 Å². The van der Waals surface area contributed by atoms with Gasteiger partial charge < -0.3 is 14.8 Å². The summed E-state index contributed by atoms with van der Waals surface area (Å²) in [6.45, 7) is 5.22. The van der Waals surface area contributed by atoms with Gasteiger partial charge in [-0.05, 0) is 35.2 Å². The molecule has 1 N–H and O–H groups in total. The number of halogens is 2. The fourth-order valence-electron chi connectivity index (χ4n) is 2.31. The van der Waals surface area contributed by atoms with Crippen molar-refractivity contribution in [3.05, 3.63) is 58.9 Å². The monoisotopic (exact) mass is 393 g/mol. The number of ether oxygens (including phenoxy) is 2. The van der Waals surface area contributed by atoms with Gasteiger partial charge in [0, 0.05) is 5.02 Å². The number of hydrogen-bond donors (Lipinski definition) is 1. The first-order valence-electron chi connectivity index (χ1n) is 8.29. The van der Waals surface area contributed by atoms with Crippen molar-refractivity contribution in [2.75, 3.05) is 18.5 Å². The van der Waals surface area contributed by atoms with E-state index in [0.717, 1.165) is 11.6 Å². The molecule has 27 heavy (non-hydrogen) atoms. The normalized spacial score (nSPS) is 11.0. The minimum absolute atomic E-state index is 0.0456. The summed E-state index contributed by atoms with van der Waals surface area (Å²) < 4.78 is 24.0. The SMILES string of the molecule is CC(C)(C)c1ccccc1OCC(=O)OCC(=O)Nc1ccc(Cl)cc1F. The van der Waals surface area contributed by atoms with Crippen molar-refractivity contribution >= 4 is 29.2 Å². The van der Waals surface area contributed by atoms with Crippen LogP contribution in [0.15, 0.2) is 42.5 Å². The highest BCUT2D eigenvalue weighted by Gasteiger charge is 2.19. The molecule has 7 heteroatoms. The molecule has 0 spiro atoms. The Hall–Kier alpha value is -2.60. The zero-order chi connectivity index (χ0) is 20.0. The van der Waals surface area contributed by atoms with Crippen molar-refractivity contribution < 1.29 is 23.5 Å². The Bertz CT molecular complexity index is 833. The van der Waals surface area contributed by atoms with Crippen LogP contribution < -0.4 is 10.1 Å². The highest BCUT2D eigenvalue weighted by Crippen LogP contribution is 2.30.